The molecule has 0 aliphatic heterocycles. The lowest BCUT2D eigenvalue weighted by molar-refractivity contribution is -0.113. The molecule has 0 saturated heterocycles. The van der Waals surface area contributed by atoms with Crippen molar-refractivity contribution in [3.8, 4) is 5.69 Å². The molecule has 0 aliphatic carbocycles. The molecular weight excluding hydrogens is 386 g/mol. The molecule has 1 heterocycles. The Kier molecular flexibility index (Phi) is 6.72. The maximum absolute atomic E-state index is 12.4. The van der Waals surface area contributed by atoms with E-state index in [1.54, 1.807) is 12.1 Å². The zero-order chi connectivity index (χ0) is 20.8. The zero-order valence-corrected chi connectivity index (χ0v) is 17.5. The topological polar surface area (TPSA) is 73.2 Å². The summed E-state index contributed by atoms with van der Waals surface area (Å²) >= 11 is 1.51. The third-order valence-electron chi connectivity index (χ3n) is 4.43. The van der Waals surface area contributed by atoms with Gasteiger partial charge >= 0.3 is 5.97 Å². The molecule has 2 aromatic carbocycles. The molecular formula is C22H23N3O3S. The fourth-order valence-electron chi connectivity index (χ4n) is 2.94. The van der Waals surface area contributed by atoms with Gasteiger partial charge in [-0.05, 0) is 43.7 Å². The first-order chi connectivity index (χ1) is 14.0. The fraction of sp³-hybridized carbons (Fsp3) is 0.227. The standard InChI is InChI=1S/C22H23N3O3S/c1-15-21(16(2)25(24-15)19-7-5-4-6-8-19)23-20(26)14-29-13-17-9-11-18(12-10-17)22(27)28-3/h4-12H,13-14H2,1-3H3,(H,23,26). The number of carbonyl (C=O) groups excluding carboxylic acids is 2. The molecule has 150 valence electrons. The van der Waals surface area contributed by atoms with Crippen LogP contribution in [0.1, 0.15) is 27.3 Å². The molecule has 1 aromatic heterocycles. The number of hydrogen-bond acceptors (Lipinski definition) is 5. The second-order valence-corrected chi connectivity index (χ2v) is 7.51. The largest absolute Gasteiger partial charge is 0.465 e. The van der Waals surface area contributed by atoms with E-state index in [1.807, 2.05) is 61.0 Å². The Labute approximate surface area is 174 Å². The van der Waals surface area contributed by atoms with E-state index in [4.69, 9.17) is 4.74 Å². The van der Waals surface area contributed by atoms with Gasteiger partial charge in [0.15, 0.2) is 0 Å². The number of carbonyl (C=O) groups is 2. The van der Waals surface area contributed by atoms with E-state index in [0.717, 1.165) is 28.3 Å². The molecule has 0 aliphatic rings. The van der Waals surface area contributed by atoms with Gasteiger partial charge in [-0.1, -0.05) is 30.3 Å². The van der Waals surface area contributed by atoms with Crippen LogP contribution in [-0.4, -0.2) is 34.5 Å². The van der Waals surface area contributed by atoms with Crippen molar-refractivity contribution in [2.45, 2.75) is 19.6 Å². The molecule has 7 heteroatoms. The first kappa shape index (κ1) is 20.7. The summed E-state index contributed by atoms with van der Waals surface area (Å²) < 4.78 is 6.52. The normalized spacial score (nSPS) is 10.6. The number of anilines is 1. The number of methoxy groups -OCH3 is 1. The molecule has 3 aromatic rings. The van der Waals surface area contributed by atoms with E-state index in [1.165, 1.54) is 18.9 Å². The van der Waals surface area contributed by atoms with Crippen molar-refractivity contribution in [1.29, 1.82) is 0 Å². The van der Waals surface area contributed by atoms with Crippen molar-refractivity contribution in [1.82, 2.24) is 9.78 Å². The van der Waals surface area contributed by atoms with Crippen molar-refractivity contribution in [2.75, 3.05) is 18.2 Å². The molecule has 1 amide bonds. The molecule has 0 unspecified atom stereocenters. The van der Waals surface area contributed by atoms with Gasteiger partial charge in [-0.3, -0.25) is 4.79 Å². The quantitative estimate of drug-likeness (QED) is 0.594. The molecule has 0 bridgehead atoms. The average molecular weight is 410 g/mol. The molecule has 1 N–H and O–H groups in total. The Morgan fingerprint density at radius 3 is 2.41 bits per heavy atom. The van der Waals surface area contributed by atoms with Gasteiger partial charge in [-0.2, -0.15) is 5.10 Å². The maximum Gasteiger partial charge on any atom is 0.337 e. The van der Waals surface area contributed by atoms with Crippen LogP contribution < -0.4 is 5.32 Å². The van der Waals surface area contributed by atoms with E-state index in [-0.39, 0.29) is 11.9 Å². The van der Waals surface area contributed by atoms with E-state index >= 15 is 0 Å². The number of aromatic nitrogens is 2. The smallest absolute Gasteiger partial charge is 0.337 e. The molecule has 0 fully saturated rings. The zero-order valence-electron chi connectivity index (χ0n) is 16.6. The molecule has 0 saturated carbocycles. The maximum atomic E-state index is 12.4. The van der Waals surface area contributed by atoms with Gasteiger partial charge in [-0.25, -0.2) is 9.48 Å². The number of nitrogens with one attached hydrogen (secondary N) is 1. The van der Waals surface area contributed by atoms with Crippen molar-refractivity contribution in [2.24, 2.45) is 0 Å². The number of esters is 1. The molecule has 0 radical (unpaired) electrons. The molecule has 29 heavy (non-hydrogen) atoms. The summed E-state index contributed by atoms with van der Waals surface area (Å²) in [6.07, 6.45) is 0. The Bertz CT molecular complexity index is 998. The molecule has 0 spiro atoms. The van der Waals surface area contributed by atoms with Gasteiger partial charge in [0.05, 0.1) is 41.2 Å². The molecule has 3 rings (SSSR count). The van der Waals surface area contributed by atoms with Gasteiger partial charge in [0.1, 0.15) is 0 Å². The van der Waals surface area contributed by atoms with E-state index in [9.17, 15) is 9.59 Å². The van der Waals surface area contributed by atoms with Crippen LogP contribution in [0, 0.1) is 13.8 Å². The predicted octanol–water partition coefficient (Wildman–Crippen LogP) is 4.15. The van der Waals surface area contributed by atoms with Gasteiger partial charge in [0.2, 0.25) is 5.91 Å². The second kappa shape index (κ2) is 9.43. The highest BCUT2D eigenvalue weighted by atomic mass is 32.2. The summed E-state index contributed by atoms with van der Waals surface area (Å²) in [7, 11) is 1.36. The fourth-order valence-corrected chi connectivity index (χ4v) is 3.72. The highest BCUT2D eigenvalue weighted by Gasteiger charge is 2.15. The summed E-state index contributed by atoms with van der Waals surface area (Å²) in [4.78, 5) is 23.9. The number of benzene rings is 2. The summed E-state index contributed by atoms with van der Waals surface area (Å²) in [6.45, 7) is 3.83. The van der Waals surface area contributed by atoms with Crippen molar-refractivity contribution in [3.05, 3.63) is 77.1 Å². The Morgan fingerprint density at radius 1 is 1.07 bits per heavy atom. The SMILES string of the molecule is COC(=O)c1ccc(CSCC(=O)Nc2c(C)nn(-c3ccccc3)c2C)cc1. The third-order valence-corrected chi connectivity index (χ3v) is 5.44. The van der Waals surface area contributed by atoms with Gasteiger partial charge < -0.3 is 10.1 Å². The Balaban J connectivity index is 1.56. The number of thioether (sulfide) groups is 1. The van der Waals surface area contributed by atoms with Crippen LogP contribution in [-0.2, 0) is 15.3 Å². The minimum Gasteiger partial charge on any atom is -0.465 e. The third kappa shape index (κ3) is 5.06. The summed E-state index contributed by atoms with van der Waals surface area (Å²) in [5.74, 6) is 0.579. The number of amides is 1. The van der Waals surface area contributed by atoms with Gasteiger partial charge in [0, 0.05) is 5.75 Å². The van der Waals surface area contributed by atoms with E-state index in [0.29, 0.717) is 17.1 Å². The minimum absolute atomic E-state index is 0.0695. The lowest BCUT2D eigenvalue weighted by atomic mass is 10.1. The summed E-state index contributed by atoms with van der Waals surface area (Å²) in [6, 6.07) is 17.0. The molecule has 6 nitrogen and oxygen atoms in total. The van der Waals surface area contributed by atoms with Crippen LogP contribution in [0.5, 0.6) is 0 Å². The summed E-state index contributed by atoms with van der Waals surface area (Å²) in [5, 5.41) is 7.53. The number of ether oxygens (including phenoxy) is 1. The molecule has 0 atom stereocenters. The van der Waals surface area contributed by atoms with Crippen molar-refractivity contribution >= 4 is 29.3 Å². The van der Waals surface area contributed by atoms with Gasteiger partial charge in [-0.15, -0.1) is 11.8 Å². The lowest BCUT2D eigenvalue weighted by Crippen LogP contribution is -2.15. The lowest BCUT2D eigenvalue weighted by Gasteiger charge is -2.07. The first-order valence-corrected chi connectivity index (χ1v) is 10.3. The minimum atomic E-state index is -0.356. The van der Waals surface area contributed by atoms with Crippen LogP contribution in [0.3, 0.4) is 0 Å². The number of rotatable bonds is 7. The van der Waals surface area contributed by atoms with Crippen molar-refractivity contribution in [3.63, 3.8) is 0 Å². The van der Waals surface area contributed by atoms with E-state index in [2.05, 4.69) is 10.4 Å². The van der Waals surface area contributed by atoms with Crippen LogP contribution in [0.25, 0.3) is 5.69 Å². The Morgan fingerprint density at radius 2 is 1.76 bits per heavy atom. The Hall–Kier alpha value is -3.06. The van der Waals surface area contributed by atoms with Crippen LogP contribution in [0.4, 0.5) is 5.69 Å². The summed E-state index contributed by atoms with van der Waals surface area (Å²) in [5.41, 5.74) is 4.94. The number of aryl methyl sites for hydroxylation is 1. The van der Waals surface area contributed by atoms with Crippen LogP contribution in [0.15, 0.2) is 54.6 Å². The number of nitrogens with zero attached hydrogens (tertiary/aromatic N) is 2. The number of para-hydroxylation sites is 1. The highest BCUT2D eigenvalue weighted by molar-refractivity contribution is 7.99. The van der Waals surface area contributed by atoms with Crippen molar-refractivity contribution < 1.29 is 14.3 Å². The monoisotopic (exact) mass is 409 g/mol. The average Bonchev–Trinajstić information content (AvgIpc) is 3.02. The number of hydrogen-bond donors (Lipinski definition) is 1. The van der Waals surface area contributed by atoms with Crippen LogP contribution in [0.2, 0.25) is 0 Å². The van der Waals surface area contributed by atoms with Gasteiger partial charge in [0.25, 0.3) is 0 Å². The predicted molar refractivity (Wildman–Crippen MR) is 116 cm³/mol. The highest BCUT2D eigenvalue weighted by Crippen LogP contribution is 2.23. The second-order valence-electron chi connectivity index (χ2n) is 6.52. The van der Waals surface area contributed by atoms with Crippen LogP contribution >= 0.6 is 11.8 Å². The first-order valence-electron chi connectivity index (χ1n) is 9.16. The van der Waals surface area contributed by atoms with E-state index < -0.39 is 0 Å².